The van der Waals surface area contributed by atoms with Crippen LogP contribution < -0.4 is 9.80 Å². The van der Waals surface area contributed by atoms with Crippen molar-refractivity contribution in [2.45, 2.75) is 10.8 Å². The smallest absolute Gasteiger partial charge is 0.0714 e. The molecule has 2 aliphatic carbocycles. The van der Waals surface area contributed by atoms with Crippen molar-refractivity contribution in [3.63, 3.8) is 0 Å². The van der Waals surface area contributed by atoms with E-state index in [1.165, 1.54) is 110 Å². The molecule has 26 rings (SSSR count). The first-order valence-corrected chi connectivity index (χ1v) is 47.2. The van der Waals surface area contributed by atoms with Crippen LogP contribution in [-0.2, 0) is 10.8 Å². The van der Waals surface area contributed by atoms with Crippen molar-refractivity contribution in [3.8, 4) is 100 Å². The van der Waals surface area contributed by atoms with Crippen LogP contribution in [0, 0.1) is 0 Å². The molecule has 0 N–H and O–H groups in total. The maximum absolute atomic E-state index is 2.62. The van der Waals surface area contributed by atoms with Crippen LogP contribution >= 0.6 is 0 Å². The summed E-state index contributed by atoms with van der Waals surface area (Å²) in [5.41, 5.74) is 35.7. The summed E-state index contributed by atoms with van der Waals surface area (Å²) < 4.78 is 0. The number of anilines is 6. The summed E-state index contributed by atoms with van der Waals surface area (Å²) in [4.78, 5) is 5.23. The first-order chi connectivity index (χ1) is 67.5. The molecule has 0 radical (unpaired) electrons. The van der Waals surface area contributed by atoms with Gasteiger partial charge in [-0.15, -0.1) is 0 Å². The average Bonchev–Trinajstić information content (AvgIpc) is 1.52. The lowest BCUT2D eigenvalue weighted by atomic mass is 9.67. The molecule has 2 nitrogen and oxygen atoms in total. The monoisotopic (exact) mass is 1720 g/mol. The fraction of sp³-hybridized carbons (Fsp3) is 0.0149. The van der Waals surface area contributed by atoms with Gasteiger partial charge in [-0.3, -0.25) is 0 Å². The molecule has 0 bridgehead atoms. The van der Waals surface area contributed by atoms with E-state index in [0.29, 0.717) is 0 Å². The summed E-state index contributed by atoms with van der Waals surface area (Å²) in [6.07, 6.45) is 0. The maximum atomic E-state index is 2.62. The third kappa shape index (κ3) is 12.8. The fourth-order valence-electron chi connectivity index (χ4n) is 23.2. The molecule has 634 valence electrons. The number of fused-ring (bicyclic) bond motifs is 14. The van der Waals surface area contributed by atoms with Gasteiger partial charge in [0.25, 0.3) is 0 Å². The van der Waals surface area contributed by atoms with Gasteiger partial charge in [-0.1, -0.05) is 467 Å². The first-order valence-electron chi connectivity index (χ1n) is 47.2. The van der Waals surface area contributed by atoms with Crippen molar-refractivity contribution in [2.24, 2.45) is 0 Å². The first kappa shape index (κ1) is 79.4. The summed E-state index contributed by atoms with van der Waals surface area (Å²) in [5.74, 6) is 0. The summed E-state index contributed by atoms with van der Waals surface area (Å²) >= 11 is 0. The average molecular weight is 1730 g/mol. The van der Waals surface area contributed by atoms with Gasteiger partial charge in [0.05, 0.1) is 22.2 Å². The Bertz CT molecular complexity index is 8680. The van der Waals surface area contributed by atoms with Gasteiger partial charge < -0.3 is 9.80 Å². The standard InChI is InChI=1S/C134H88N2/c1-8-37-89(38-9-1)99-83-100(90-39-10-2-11-40-90)85-108(84-99)136(107-76-80-118-116-59-33-35-66-126(116)134(128(118)88-107,103-50-18-6-19-51-103)104-52-20-7-21-53-104)132-123-63-31-27-57-114(123)112-55-25-29-61-121(112)130(132)119-64-36-45-97-81-96(73-77-110(97)119)92-67-70-94(71-68-92)109-78-74-105(86-124(109)93-42-12-3-13-43-93)135(131-122-62-30-26-56-113(122)111-54-24-28-60-120(111)129(131)98-72-69-91-41-22-23-44-95(91)82-98)106-75-79-117-115-58-32-34-65-125(115)133(127(117)87-106,101-46-14-4-15-47-101)102-48-16-5-17-49-102/h1-88H. The minimum atomic E-state index is -0.666. The van der Waals surface area contributed by atoms with E-state index in [2.05, 4.69) is 544 Å². The van der Waals surface area contributed by atoms with E-state index in [1.807, 2.05) is 0 Å². The van der Waals surface area contributed by atoms with Crippen LogP contribution in [0.25, 0.3) is 165 Å². The van der Waals surface area contributed by atoms with E-state index in [-0.39, 0.29) is 0 Å². The van der Waals surface area contributed by atoms with Crippen LogP contribution in [0.5, 0.6) is 0 Å². The van der Waals surface area contributed by atoms with Gasteiger partial charge in [-0.05, 0) is 254 Å². The summed E-state index contributed by atoms with van der Waals surface area (Å²) in [7, 11) is 0. The molecular formula is C134H88N2. The molecule has 2 aliphatic rings. The minimum Gasteiger partial charge on any atom is -0.309 e. The molecule has 24 aromatic carbocycles. The van der Waals surface area contributed by atoms with E-state index < -0.39 is 10.8 Å². The molecule has 24 aromatic rings. The Kier molecular flexibility index (Phi) is 19.1. The summed E-state index contributed by atoms with van der Waals surface area (Å²) in [6, 6.07) is 201. The second kappa shape index (κ2) is 32.8. The van der Waals surface area contributed by atoms with Gasteiger partial charge in [0.2, 0.25) is 0 Å². The summed E-state index contributed by atoms with van der Waals surface area (Å²) in [6.45, 7) is 0. The minimum absolute atomic E-state index is 0.656. The predicted octanol–water partition coefficient (Wildman–Crippen LogP) is 35.9. The molecule has 0 amide bonds. The predicted molar refractivity (Wildman–Crippen MR) is 574 cm³/mol. The number of benzene rings is 24. The van der Waals surface area contributed by atoms with Gasteiger partial charge in [0, 0.05) is 44.6 Å². The van der Waals surface area contributed by atoms with Gasteiger partial charge in [-0.25, -0.2) is 0 Å². The van der Waals surface area contributed by atoms with Crippen LogP contribution in [0.4, 0.5) is 34.1 Å². The van der Waals surface area contributed by atoms with E-state index in [9.17, 15) is 0 Å². The molecule has 0 heterocycles. The van der Waals surface area contributed by atoms with Gasteiger partial charge >= 0.3 is 0 Å². The number of nitrogens with zero attached hydrogens (tertiary/aromatic N) is 2. The van der Waals surface area contributed by atoms with Crippen molar-refractivity contribution in [1.29, 1.82) is 0 Å². The van der Waals surface area contributed by atoms with Crippen LogP contribution in [0.2, 0.25) is 0 Å². The van der Waals surface area contributed by atoms with Crippen LogP contribution in [0.15, 0.2) is 534 Å². The van der Waals surface area contributed by atoms with Crippen molar-refractivity contribution in [3.05, 3.63) is 578 Å². The second-order valence-corrected chi connectivity index (χ2v) is 36.3. The van der Waals surface area contributed by atoms with E-state index in [0.717, 1.165) is 134 Å². The number of hydrogen-bond acceptors (Lipinski definition) is 2. The molecule has 0 aromatic heterocycles. The highest BCUT2D eigenvalue weighted by Crippen LogP contribution is 2.62. The Morgan fingerprint density at radius 3 is 0.971 bits per heavy atom. The van der Waals surface area contributed by atoms with Gasteiger partial charge in [0.1, 0.15) is 0 Å². The Morgan fingerprint density at radius 1 is 0.132 bits per heavy atom. The molecule has 0 atom stereocenters. The van der Waals surface area contributed by atoms with Crippen LogP contribution in [-0.4, -0.2) is 0 Å². The van der Waals surface area contributed by atoms with Crippen molar-refractivity contribution in [2.75, 3.05) is 9.80 Å². The molecular weight excluding hydrogens is 1640 g/mol. The van der Waals surface area contributed by atoms with Crippen LogP contribution in [0.3, 0.4) is 0 Å². The van der Waals surface area contributed by atoms with Gasteiger partial charge in [0.15, 0.2) is 0 Å². The third-order valence-corrected chi connectivity index (χ3v) is 29.1. The lowest BCUT2D eigenvalue weighted by Gasteiger charge is -2.35. The van der Waals surface area contributed by atoms with Gasteiger partial charge in [-0.2, -0.15) is 0 Å². The van der Waals surface area contributed by atoms with Crippen molar-refractivity contribution >= 4 is 98.8 Å². The van der Waals surface area contributed by atoms with Crippen molar-refractivity contribution in [1.82, 2.24) is 0 Å². The highest BCUT2D eigenvalue weighted by molar-refractivity contribution is 6.26. The molecule has 2 heteroatoms. The third-order valence-electron chi connectivity index (χ3n) is 29.1. The molecule has 0 spiro atoms. The molecule has 0 fully saturated rings. The van der Waals surface area contributed by atoms with E-state index in [4.69, 9.17) is 0 Å². The number of rotatable bonds is 17. The lowest BCUT2D eigenvalue weighted by molar-refractivity contribution is 0.768. The molecule has 0 unspecified atom stereocenters. The second-order valence-electron chi connectivity index (χ2n) is 36.3. The zero-order chi connectivity index (χ0) is 89.8. The highest BCUT2D eigenvalue weighted by atomic mass is 15.2. The summed E-state index contributed by atoms with van der Waals surface area (Å²) in [5, 5.41) is 14.1. The Hall–Kier alpha value is -17.6. The lowest BCUT2D eigenvalue weighted by Crippen LogP contribution is -2.28. The maximum Gasteiger partial charge on any atom is 0.0714 e. The largest absolute Gasteiger partial charge is 0.309 e. The molecule has 136 heavy (non-hydrogen) atoms. The highest BCUT2D eigenvalue weighted by Gasteiger charge is 2.49. The quantitative estimate of drug-likeness (QED) is 0.0839. The zero-order valence-electron chi connectivity index (χ0n) is 74.7. The SMILES string of the molecule is c1ccc(-c2cc(-c3ccccc3)cc(N(c3ccc4c(c3)C(c3ccccc3)(c3ccccc3)c3ccccc3-4)c3c(-c4cccc5cc(-c6ccc(-c7ccc(N(c8ccc9c(c8)C(c8ccccc8)(c8ccccc8)c8ccccc8-9)c8c(-c9ccc%10ccccc%10c9)c9ccccc9c9ccccc89)cc7-c7ccccc7)cc6)ccc45)c4ccccc4c4ccccc34)c2)cc1. The fourth-order valence-corrected chi connectivity index (χ4v) is 23.2. The molecule has 0 saturated heterocycles. The number of hydrogen-bond donors (Lipinski definition) is 0. The zero-order valence-corrected chi connectivity index (χ0v) is 74.7. The molecule has 0 saturated carbocycles. The Balaban J connectivity index is 0.653. The van der Waals surface area contributed by atoms with E-state index in [1.54, 1.807) is 0 Å². The topological polar surface area (TPSA) is 6.48 Å². The molecule has 0 aliphatic heterocycles. The normalized spacial score (nSPS) is 12.7. The Morgan fingerprint density at radius 2 is 0.463 bits per heavy atom. The van der Waals surface area contributed by atoms with Crippen LogP contribution in [0.1, 0.15) is 44.5 Å². The Labute approximate surface area is 792 Å². The van der Waals surface area contributed by atoms with Crippen molar-refractivity contribution < 1.29 is 0 Å². The van der Waals surface area contributed by atoms with E-state index >= 15 is 0 Å².